The van der Waals surface area contributed by atoms with Crippen molar-refractivity contribution < 1.29 is 17.9 Å². The number of aromatic nitrogens is 1. The lowest BCUT2D eigenvalue weighted by molar-refractivity contribution is 0.251. The van der Waals surface area contributed by atoms with Gasteiger partial charge in [0.05, 0.1) is 11.5 Å². The minimum absolute atomic E-state index is 0.0622. The molecular formula is C15H17FN2O3S. The Bertz CT molecular complexity index is 736. The Kier molecular flexibility index (Phi) is 5.23. The molecule has 0 bridgehead atoms. The summed E-state index contributed by atoms with van der Waals surface area (Å²) >= 11 is 0. The van der Waals surface area contributed by atoms with E-state index >= 15 is 0 Å². The fraction of sp³-hybridized carbons (Fsp3) is 0.267. The van der Waals surface area contributed by atoms with Crippen LogP contribution in [0.2, 0.25) is 0 Å². The van der Waals surface area contributed by atoms with Crippen LogP contribution in [0.5, 0.6) is 0 Å². The summed E-state index contributed by atoms with van der Waals surface area (Å²) in [6.45, 7) is 1.27. The van der Waals surface area contributed by atoms with E-state index in [0.717, 1.165) is 10.4 Å². The molecule has 7 heteroatoms. The van der Waals surface area contributed by atoms with Crippen molar-refractivity contribution in [2.75, 3.05) is 13.2 Å². The molecule has 2 aromatic rings. The van der Waals surface area contributed by atoms with Crippen molar-refractivity contribution in [3.05, 3.63) is 59.7 Å². The number of benzene rings is 1. The molecule has 0 aliphatic carbocycles. The van der Waals surface area contributed by atoms with Crippen LogP contribution >= 0.6 is 0 Å². The van der Waals surface area contributed by atoms with Crippen molar-refractivity contribution >= 4 is 10.0 Å². The van der Waals surface area contributed by atoms with Crippen LogP contribution in [0.15, 0.2) is 47.6 Å². The van der Waals surface area contributed by atoms with Crippen LogP contribution in [0.4, 0.5) is 4.39 Å². The predicted molar refractivity (Wildman–Crippen MR) is 80.1 cm³/mol. The Morgan fingerprint density at radius 3 is 2.73 bits per heavy atom. The molecule has 0 atom stereocenters. The molecular weight excluding hydrogens is 307 g/mol. The highest BCUT2D eigenvalue weighted by atomic mass is 32.2. The number of aliphatic hydroxyl groups excluding tert-OH is 1. The van der Waals surface area contributed by atoms with Crippen molar-refractivity contribution in [1.29, 1.82) is 0 Å². The molecule has 1 aromatic carbocycles. The van der Waals surface area contributed by atoms with Gasteiger partial charge in [-0.15, -0.1) is 0 Å². The number of hydrogen-bond acceptors (Lipinski definition) is 4. The summed E-state index contributed by atoms with van der Waals surface area (Å²) in [7, 11) is -3.91. The van der Waals surface area contributed by atoms with Gasteiger partial charge in [0.1, 0.15) is 5.82 Å². The van der Waals surface area contributed by atoms with E-state index in [1.54, 1.807) is 31.5 Å². The summed E-state index contributed by atoms with van der Waals surface area (Å²) < 4.78 is 40.0. The maximum atomic E-state index is 13.4. The van der Waals surface area contributed by atoms with Crippen LogP contribution in [-0.4, -0.2) is 36.0 Å². The highest BCUT2D eigenvalue weighted by Crippen LogP contribution is 2.22. The first kappa shape index (κ1) is 16.5. The zero-order valence-corrected chi connectivity index (χ0v) is 12.9. The first-order valence-electron chi connectivity index (χ1n) is 6.71. The second kappa shape index (κ2) is 6.95. The fourth-order valence-electron chi connectivity index (χ4n) is 2.08. The van der Waals surface area contributed by atoms with Gasteiger partial charge in [0.25, 0.3) is 0 Å². The summed E-state index contributed by atoms with van der Waals surface area (Å²) in [5.74, 6) is -0.616. The van der Waals surface area contributed by atoms with E-state index in [0.29, 0.717) is 11.1 Å². The van der Waals surface area contributed by atoms with E-state index in [9.17, 15) is 12.8 Å². The number of aryl methyl sites for hydroxylation is 1. The molecule has 0 saturated carbocycles. The largest absolute Gasteiger partial charge is 0.395 e. The van der Waals surface area contributed by atoms with Crippen LogP contribution in [-0.2, 0) is 16.6 Å². The summed E-state index contributed by atoms with van der Waals surface area (Å²) in [6.07, 6.45) is 3.14. The average Bonchev–Trinajstić information content (AvgIpc) is 2.50. The van der Waals surface area contributed by atoms with Crippen molar-refractivity contribution in [2.45, 2.75) is 18.4 Å². The third-order valence-electron chi connectivity index (χ3n) is 3.20. The SMILES string of the molecule is Cc1ccc(F)cc1S(=O)(=O)N(CCO)Cc1cccnc1. The van der Waals surface area contributed by atoms with Crippen LogP contribution in [0.1, 0.15) is 11.1 Å². The molecule has 0 saturated heterocycles. The predicted octanol–water partition coefficient (Wildman–Crippen LogP) is 1.71. The van der Waals surface area contributed by atoms with Crippen LogP contribution in [0.25, 0.3) is 0 Å². The molecule has 1 N–H and O–H groups in total. The minimum atomic E-state index is -3.91. The Labute approximate surface area is 129 Å². The third kappa shape index (κ3) is 3.68. The standard InChI is InChI=1S/C15H17FN2O3S/c1-12-4-5-14(16)9-15(12)22(20,21)18(7-8-19)11-13-3-2-6-17-10-13/h2-6,9-10,19H,7-8,11H2,1H3. The maximum absolute atomic E-state index is 13.4. The first-order chi connectivity index (χ1) is 10.4. The lowest BCUT2D eigenvalue weighted by atomic mass is 10.2. The molecule has 1 heterocycles. The van der Waals surface area contributed by atoms with Gasteiger partial charge in [0.2, 0.25) is 10.0 Å². The number of sulfonamides is 1. The van der Waals surface area contributed by atoms with Gasteiger partial charge in [-0.3, -0.25) is 4.98 Å². The summed E-state index contributed by atoms with van der Waals surface area (Å²) in [6, 6.07) is 7.07. The molecule has 22 heavy (non-hydrogen) atoms. The Morgan fingerprint density at radius 1 is 1.32 bits per heavy atom. The average molecular weight is 324 g/mol. The van der Waals surface area contributed by atoms with Gasteiger partial charge in [-0.1, -0.05) is 12.1 Å². The van der Waals surface area contributed by atoms with Crippen molar-refractivity contribution in [3.8, 4) is 0 Å². The number of aliphatic hydroxyl groups is 1. The number of nitrogens with zero attached hydrogens (tertiary/aromatic N) is 2. The van der Waals surface area contributed by atoms with Crippen LogP contribution < -0.4 is 0 Å². The lowest BCUT2D eigenvalue weighted by Gasteiger charge is -2.22. The van der Waals surface area contributed by atoms with E-state index < -0.39 is 15.8 Å². The van der Waals surface area contributed by atoms with Gasteiger partial charge in [-0.2, -0.15) is 4.31 Å². The second-order valence-corrected chi connectivity index (χ2v) is 6.74. The van der Waals surface area contributed by atoms with Crippen LogP contribution in [0, 0.1) is 12.7 Å². The van der Waals surface area contributed by atoms with E-state index in [1.165, 1.54) is 12.1 Å². The lowest BCUT2D eigenvalue weighted by Crippen LogP contribution is -2.33. The third-order valence-corrected chi connectivity index (χ3v) is 5.19. The monoisotopic (exact) mass is 324 g/mol. The number of halogens is 1. The van der Waals surface area contributed by atoms with Crippen molar-refractivity contribution in [1.82, 2.24) is 9.29 Å². The van der Waals surface area contributed by atoms with E-state index in [4.69, 9.17) is 5.11 Å². The summed E-state index contributed by atoms with van der Waals surface area (Å²) in [4.78, 5) is 3.85. The van der Waals surface area contributed by atoms with Gasteiger partial charge in [0.15, 0.2) is 0 Å². The molecule has 0 amide bonds. The van der Waals surface area contributed by atoms with Gasteiger partial charge in [-0.05, 0) is 36.2 Å². The normalized spacial score (nSPS) is 11.8. The van der Waals surface area contributed by atoms with E-state index in [1.807, 2.05) is 0 Å². The molecule has 0 aliphatic heterocycles. The van der Waals surface area contributed by atoms with Crippen LogP contribution in [0.3, 0.4) is 0 Å². The first-order valence-corrected chi connectivity index (χ1v) is 8.15. The van der Waals surface area contributed by atoms with Gasteiger partial charge in [0, 0.05) is 25.5 Å². The molecule has 0 spiro atoms. The smallest absolute Gasteiger partial charge is 0.243 e. The Morgan fingerprint density at radius 2 is 2.09 bits per heavy atom. The topological polar surface area (TPSA) is 70.5 Å². The molecule has 0 aliphatic rings. The minimum Gasteiger partial charge on any atom is -0.395 e. The molecule has 1 aromatic heterocycles. The molecule has 5 nitrogen and oxygen atoms in total. The molecule has 0 unspecified atom stereocenters. The van der Waals surface area contributed by atoms with E-state index in [2.05, 4.69) is 4.98 Å². The maximum Gasteiger partial charge on any atom is 0.243 e. The summed E-state index contributed by atoms with van der Waals surface area (Å²) in [5.41, 5.74) is 1.14. The summed E-state index contributed by atoms with van der Waals surface area (Å²) in [5, 5.41) is 9.15. The number of rotatable bonds is 6. The Hall–Kier alpha value is -1.83. The van der Waals surface area contributed by atoms with Gasteiger partial charge < -0.3 is 5.11 Å². The molecule has 0 fully saturated rings. The number of hydrogen-bond donors (Lipinski definition) is 1. The zero-order chi connectivity index (χ0) is 16.2. The van der Waals surface area contributed by atoms with Crippen molar-refractivity contribution in [2.24, 2.45) is 0 Å². The van der Waals surface area contributed by atoms with Gasteiger partial charge in [-0.25, -0.2) is 12.8 Å². The Balaban J connectivity index is 2.39. The molecule has 0 radical (unpaired) electrons. The molecule has 118 valence electrons. The van der Waals surface area contributed by atoms with E-state index in [-0.39, 0.29) is 24.6 Å². The second-order valence-electron chi connectivity index (χ2n) is 4.83. The fourth-order valence-corrected chi connectivity index (χ4v) is 3.74. The highest BCUT2D eigenvalue weighted by Gasteiger charge is 2.26. The zero-order valence-electron chi connectivity index (χ0n) is 12.1. The highest BCUT2D eigenvalue weighted by molar-refractivity contribution is 7.89. The molecule has 2 rings (SSSR count). The van der Waals surface area contributed by atoms with Gasteiger partial charge >= 0.3 is 0 Å². The quantitative estimate of drug-likeness (QED) is 0.878. The number of pyridine rings is 1. The van der Waals surface area contributed by atoms with Crippen molar-refractivity contribution in [3.63, 3.8) is 0 Å².